The zero-order chi connectivity index (χ0) is 25.5. The molecule has 0 aliphatic rings. The van der Waals surface area contributed by atoms with Crippen LogP contribution in [0.15, 0.2) is 93.4 Å². The van der Waals surface area contributed by atoms with Crippen LogP contribution in [0.4, 0.5) is 5.69 Å². The number of nitrogens with one attached hydrogen (secondary N) is 1. The summed E-state index contributed by atoms with van der Waals surface area (Å²) in [4.78, 5) is 12.7. The van der Waals surface area contributed by atoms with E-state index in [1.165, 1.54) is 6.08 Å². The minimum Gasteiger partial charge on any atom is -0.494 e. The molecule has 0 aromatic heterocycles. The zero-order valence-electron chi connectivity index (χ0n) is 19.4. The number of carbonyl (C=O) groups excluding carboxylic acids is 1. The third-order valence-corrected chi connectivity index (χ3v) is 6.53. The Kier molecular flexibility index (Phi) is 8.42. The second kappa shape index (κ2) is 11.9. The van der Waals surface area contributed by atoms with Gasteiger partial charge in [-0.05, 0) is 91.0 Å². The fourth-order valence-corrected chi connectivity index (χ4v) is 5.16. The van der Waals surface area contributed by atoms with Crippen LogP contribution in [-0.4, -0.2) is 12.5 Å². The Labute approximate surface area is 226 Å². The van der Waals surface area contributed by atoms with E-state index in [2.05, 4.69) is 55.4 Å². The SMILES string of the molecule is CCOc1cccc(NC(=O)/C(C#N)=C\c2cc(Br)c(OCc3cccc4ccccc34)c(Br)c2)c1. The molecule has 4 aromatic rings. The van der Waals surface area contributed by atoms with Gasteiger partial charge in [0.25, 0.3) is 5.91 Å². The summed E-state index contributed by atoms with van der Waals surface area (Å²) in [6, 6.07) is 26.9. The summed E-state index contributed by atoms with van der Waals surface area (Å²) in [5, 5.41) is 14.7. The van der Waals surface area contributed by atoms with E-state index in [4.69, 9.17) is 9.47 Å². The Hall–Kier alpha value is -3.60. The predicted octanol–water partition coefficient (Wildman–Crippen LogP) is 7.89. The molecule has 4 aromatic carbocycles. The number of halogens is 2. The Bertz CT molecular complexity index is 1460. The number of nitriles is 1. The Balaban J connectivity index is 1.51. The van der Waals surface area contributed by atoms with Crippen LogP contribution in [0.25, 0.3) is 16.8 Å². The van der Waals surface area contributed by atoms with Crippen molar-refractivity contribution in [3.8, 4) is 17.6 Å². The van der Waals surface area contributed by atoms with Gasteiger partial charge < -0.3 is 14.8 Å². The smallest absolute Gasteiger partial charge is 0.266 e. The van der Waals surface area contributed by atoms with Gasteiger partial charge in [0, 0.05) is 11.8 Å². The van der Waals surface area contributed by atoms with Crippen LogP contribution in [0.2, 0.25) is 0 Å². The largest absolute Gasteiger partial charge is 0.494 e. The van der Waals surface area contributed by atoms with Crippen molar-refractivity contribution < 1.29 is 14.3 Å². The van der Waals surface area contributed by atoms with Crippen molar-refractivity contribution in [3.05, 3.63) is 105 Å². The van der Waals surface area contributed by atoms with Gasteiger partial charge in [-0.15, -0.1) is 0 Å². The monoisotopic (exact) mass is 604 g/mol. The van der Waals surface area contributed by atoms with Crippen molar-refractivity contribution in [2.24, 2.45) is 0 Å². The van der Waals surface area contributed by atoms with Gasteiger partial charge >= 0.3 is 0 Å². The molecule has 1 amide bonds. The number of amides is 1. The van der Waals surface area contributed by atoms with Gasteiger partial charge in [0.1, 0.15) is 29.7 Å². The minimum absolute atomic E-state index is 0.0277. The molecule has 0 unspecified atom stereocenters. The quantitative estimate of drug-likeness (QED) is 0.164. The molecule has 0 aliphatic carbocycles. The average molecular weight is 606 g/mol. The molecule has 0 fully saturated rings. The third-order valence-electron chi connectivity index (χ3n) is 5.35. The van der Waals surface area contributed by atoms with Crippen molar-refractivity contribution in [2.75, 3.05) is 11.9 Å². The van der Waals surface area contributed by atoms with Crippen molar-refractivity contribution in [3.63, 3.8) is 0 Å². The summed E-state index contributed by atoms with van der Waals surface area (Å²) in [6.45, 7) is 2.80. The first kappa shape index (κ1) is 25.5. The molecule has 4 rings (SSSR count). The van der Waals surface area contributed by atoms with E-state index in [1.54, 1.807) is 24.3 Å². The highest BCUT2D eigenvalue weighted by molar-refractivity contribution is 9.11. The van der Waals surface area contributed by atoms with E-state index >= 15 is 0 Å². The lowest BCUT2D eigenvalue weighted by atomic mass is 10.1. The van der Waals surface area contributed by atoms with Crippen LogP contribution >= 0.6 is 31.9 Å². The molecular formula is C29H22Br2N2O3. The van der Waals surface area contributed by atoms with E-state index in [1.807, 2.05) is 49.4 Å². The summed E-state index contributed by atoms with van der Waals surface area (Å²) < 4.78 is 13.0. The lowest BCUT2D eigenvalue weighted by molar-refractivity contribution is -0.112. The Morgan fingerprint density at radius 3 is 2.44 bits per heavy atom. The van der Waals surface area contributed by atoms with E-state index < -0.39 is 5.91 Å². The standard InChI is InChI=1S/C29H22Br2N2O3/c1-2-35-24-11-6-10-23(16-24)33-29(34)22(17-32)13-19-14-26(30)28(27(31)15-19)36-18-21-9-5-8-20-7-3-4-12-25(20)21/h3-16H,2,18H2,1H3,(H,33,34)/b22-13-. The van der Waals surface area contributed by atoms with Crippen LogP contribution in [0.3, 0.4) is 0 Å². The van der Waals surface area contributed by atoms with Crippen molar-refractivity contribution >= 4 is 60.3 Å². The maximum atomic E-state index is 12.7. The first-order valence-electron chi connectivity index (χ1n) is 11.2. The third kappa shape index (κ3) is 6.14. The summed E-state index contributed by atoms with van der Waals surface area (Å²) in [5.74, 6) is 0.773. The molecule has 0 atom stereocenters. The lowest BCUT2D eigenvalue weighted by Gasteiger charge is -2.13. The zero-order valence-corrected chi connectivity index (χ0v) is 22.6. The maximum Gasteiger partial charge on any atom is 0.266 e. The highest BCUT2D eigenvalue weighted by Gasteiger charge is 2.14. The van der Waals surface area contributed by atoms with Gasteiger partial charge in [0.2, 0.25) is 0 Å². The number of rotatable bonds is 8. The molecule has 7 heteroatoms. The molecule has 0 aliphatic heterocycles. The Morgan fingerprint density at radius 1 is 0.972 bits per heavy atom. The van der Waals surface area contributed by atoms with Crippen LogP contribution in [0.1, 0.15) is 18.1 Å². The van der Waals surface area contributed by atoms with Crippen LogP contribution < -0.4 is 14.8 Å². The van der Waals surface area contributed by atoms with Crippen LogP contribution in [0.5, 0.6) is 11.5 Å². The second-order valence-corrected chi connectivity index (χ2v) is 9.53. The van der Waals surface area contributed by atoms with E-state index in [0.717, 1.165) is 16.3 Å². The number of carbonyl (C=O) groups is 1. The molecule has 0 radical (unpaired) electrons. The molecule has 36 heavy (non-hydrogen) atoms. The number of nitrogens with zero attached hydrogens (tertiary/aromatic N) is 1. The summed E-state index contributed by atoms with van der Waals surface area (Å²) in [6.07, 6.45) is 1.53. The first-order chi connectivity index (χ1) is 17.5. The number of ether oxygens (including phenoxy) is 2. The molecule has 0 spiro atoms. The van der Waals surface area contributed by atoms with Gasteiger partial charge in [0.15, 0.2) is 0 Å². The molecular weight excluding hydrogens is 584 g/mol. The van der Waals surface area contributed by atoms with Crippen molar-refractivity contribution in [1.82, 2.24) is 0 Å². The number of benzene rings is 4. The summed E-state index contributed by atoms with van der Waals surface area (Å²) >= 11 is 7.13. The number of hydrogen-bond donors (Lipinski definition) is 1. The fraction of sp³-hybridized carbons (Fsp3) is 0.103. The predicted molar refractivity (Wildman–Crippen MR) is 150 cm³/mol. The van der Waals surface area contributed by atoms with Gasteiger partial charge in [-0.1, -0.05) is 48.5 Å². The Morgan fingerprint density at radius 2 is 1.69 bits per heavy atom. The van der Waals surface area contributed by atoms with E-state index in [-0.39, 0.29) is 5.57 Å². The molecule has 0 saturated heterocycles. The molecule has 1 N–H and O–H groups in total. The second-order valence-electron chi connectivity index (χ2n) is 7.83. The lowest BCUT2D eigenvalue weighted by Crippen LogP contribution is -2.13. The van der Waals surface area contributed by atoms with Gasteiger partial charge in [0.05, 0.1) is 15.6 Å². The van der Waals surface area contributed by atoms with Crippen LogP contribution in [0, 0.1) is 11.3 Å². The highest BCUT2D eigenvalue weighted by Crippen LogP contribution is 2.36. The average Bonchev–Trinajstić information content (AvgIpc) is 2.87. The maximum absolute atomic E-state index is 12.7. The van der Waals surface area contributed by atoms with Crippen molar-refractivity contribution in [1.29, 1.82) is 5.26 Å². The van der Waals surface area contributed by atoms with Gasteiger partial charge in [-0.3, -0.25) is 4.79 Å². The summed E-state index contributed by atoms with van der Waals surface area (Å²) in [5.41, 5.74) is 2.26. The molecule has 0 bridgehead atoms. The van der Waals surface area contributed by atoms with Gasteiger partial charge in [-0.2, -0.15) is 5.26 Å². The summed E-state index contributed by atoms with van der Waals surface area (Å²) in [7, 11) is 0. The molecule has 0 heterocycles. The minimum atomic E-state index is -0.505. The highest BCUT2D eigenvalue weighted by atomic mass is 79.9. The van der Waals surface area contributed by atoms with Crippen molar-refractivity contribution in [2.45, 2.75) is 13.5 Å². The van der Waals surface area contributed by atoms with Crippen LogP contribution in [-0.2, 0) is 11.4 Å². The number of anilines is 1. The topological polar surface area (TPSA) is 71.3 Å². The first-order valence-corrected chi connectivity index (χ1v) is 12.8. The normalized spacial score (nSPS) is 11.1. The molecule has 5 nitrogen and oxygen atoms in total. The number of fused-ring (bicyclic) bond motifs is 1. The van der Waals surface area contributed by atoms with E-state index in [0.29, 0.717) is 44.9 Å². The van der Waals surface area contributed by atoms with Gasteiger partial charge in [-0.25, -0.2) is 0 Å². The molecule has 180 valence electrons. The number of hydrogen-bond acceptors (Lipinski definition) is 4. The molecule has 0 saturated carbocycles. The van der Waals surface area contributed by atoms with E-state index in [9.17, 15) is 10.1 Å². The fourth-order valence-electron chi connectivity index (χ4n) is 3.71.